The van der Waals surface area contributed by atoms with Gasteiger partial charge < -0.3 is 20.1 Å². The zero-order valence-corrected chi connectivity index (χ0v) is 26.3. The van der Waals surface area contributed by atoms with E-state index in [9.17, 15) is 18.7 Å². The van der Waals surface area contributed by atoms with Crippen molar-refractivity contribution in [3.05, 3.63) is 48.7 Å². The Morgan fingerprint density at radius 2 is 1.76 bits per heavy atom. The number of carboxylic acids is 1. The van der Waals surface area contributed by atoms with Gasteiger partial charge in [0.25, 0.3) is 0 Å². The number of nitrogens with one attached hydrogen (secondary N) is 1. The van der Waals surface area contributed by atoms with Crippen LogP contribution < -0.4 is 15.0 Å². The van der Waals surface area contributed by atoms with Gasteiger partial charge in [-0.15, -0.1) is 11.8 Å². The van der Waals surface area contributed by atoms with Gasteiger partial charge in [-0.3, -0.25) is 13.9 Å². The van der Waals surface area contributed by atoms with Crippen LogP contribution in [-0.4, -0.2) is 44.6 Å². The summed E-state index contributed by atoms with van der Waals surface area (Å²) in [5.74, 6) is -0.712. The van der Waals surface area contributed by atoms with E-state index < -0.39 is 16.6 Å². The molecule has 2 aromatic carbocycles. The van der Waals surface area contributed by atoms with Gasteiger partial charge in [0.2, 0.25) is 5.91 Å². The number of rotatable bonds is 13. The molecular formula is C31H44N2O6S2. The molecule has 0 radical (unpaired) electrons. The van der Waals surface area contributed by atoms with Crippen molar-refractivity contribution in [1.29, 1.82) is 0 Å². The second kappa shape index (κ2) is 14.5. The second-order valence-corrected chi connectivity index (χ2v) is 13.9. The molecule has 0 saturated heterocycles. The quantitative estimate of drug-likeness (QED) is 0.102. The van der Waals surface area contributed by atoms with Crippen LogP contribution in [0.15, 0.2) is 58.5 Å². The van der Waals surface area contributed by atoms with Crippen LogP contribution in [0.4, 0.5) is 17.1 Å². The average Bonchev–Trinajstić information content (AvgIpc) is 3.02. The van der Waals surface area contributed by atoms with E-state index in [2.05, 4.69) is 24.1 Å². The van der Waals surface area contributed by atoms with Crippen molar-refractivity contribution in [3.63, 3.8) is 0 Å². The summed E-state index contributed by atoms with van der Waals surface area (Å²) in [4.78, 5) is 26.6. The topological polar surface area (TPSA) is 119 Å². The third kappa shape index (κ3) is 8.44. The highest BCUT2D eigenvalue weighted by Gasteiger charge is 2.42. The van der Waals surface area contributed by atoms with Crippen LogP contribution >= 0.6 is 22.4 Å². The van der Waals surface area contributed by atoms with Crippen molar-refractivity contribution < 1.29 is 28.5 Å². The standard InChI is InChI=1S/C31H44N2O6S2/c1-6-8-15-31(16-9-7-2)20-33(24-12-10-23(11-13-24)32-30(36)22(3)4)25-18-27(40-5)26(39-17-14-29(34)35)19-28(25)41(37,38)21-31/h10-14,17-19,22,37-38H,6-9,15-16,20-21H2,1-5H3,(H,32,36)(H,34,35)/b17-14+. The predicted molar refractivity (Wildman–Crippen MR) is 170 cm³/mol. The molecule has 1 heterocycles. The van der Waals surface area contributed by atoms with Crippen molar-refractivity contribution in [1.82, 2.24) is 0 Å². The summed E-state index contributed by atoms with van der Waals surface area (Å²) in [6, 6.07) is 11.2. The molecule has 0 aliphatic carbocycles. The fraction of sp³-hybridized carbons (Fsp3) is 0.484. The van der Waals surface area contributed by atoms with Crippen molar-refractivity contribution >= 4 is 51.3 Å². The molecule has 0 atom stereocenters. The van der Waals surface area contributed by atoms with Crippen molar-refractivity contribution in [2.75, 3.05) is 28.8 Å². The van der Waals surface area contributed by atoms with E-state index in [0.717, 1.165) is 61.4 Å². The highest BCUT2D eigenvalue weighted by atomic mass is 32.3. The number of anilines is 3. The molecule has 226 valence electrons. The molecule has 1 aliphatic heterocycles. The molecule has 8 nitrogen and oxygen atoms in total. The molecule has 2 aromatic rings. The first kappa shape index (κ1) is 32.8. The first-order valence-corrected chi connectivity index (χ1v) is 17.1. The van der Waals surface area contributed by atoms with Crippen LogP contribution in [0, 0.1) is 11.3 Å². The van der Waals surface area contributed by atoms with Crippen LogP contribution in [0.2, 0.25) is 0 Å². The first-order valence-electron chi connectivity index (χ1n) is 14.2. The Kier molecular flexibility index (Phi) is 11.6. The van der Waals surface area contributed by atoms with Gasteiger partial charge in [-0.25, -0.2) is 4.79 Å². The van der Waals surface area contributed by atoms with Crippen LogP contribution in [0.5, 0.6) is 5.75 Å². The number of hydrogen-bond donors (Lipinski definition) is 4. The number of nitrogens with zero attached hydrogens (tertiary/aromatic N) is 1. The summed E-state index contributed by atoms with van der Waals surface area (Å²) < 4.78 is 29.3. The molecule has 0 unspecified atom stereocenters. The monoisotopic (exact) mass is 604 g/mol. The number of unbranched alkanes of at least 4 members (excludes halogenated alkanes) is 2. The minimum atomic E-state index is -3.24. The maximum atomic E-state index is 12.3. The highest BCUT2D eigenvalue weighted by Crippen LogP contribution is 2.62. The predicted octanol–water partition coefficient (Wildman–Crippen LogP) is 8.61. The third-order valence-electron chi connectivity index (χ3n) is 7.39. The average molecular weight is 605 g/mol. The normalized spacial score (nSPS) is 16.7. The third-order valence-corrected chi connectivity index (χ3v) is 10.2. The van der Waals surface area contributed by atoms with Crippen molar-refractivity contribution in [2.45, 2.75) is 76.0 Å². The summed E-state index contributed by atoms with van der Waals surface area (Å²) in [5.41, 5.74) is 1.94. The number of ether oxygens (including phenoxy) is 1. The molecule has 41 heavy (non-hydrogen) atoms. The lowest BCUT2D eigenvalue weighted by molar-refractivity contribution is -0.131. The Morgan fingerprint density at radius 1 is 1.12 bits per heavy atom. The molecule has 1 amide bonds. The summed E-state index contributed by atoms with van der Waals surface area (Å²) >= 11 is 1.44. The summed E-state index contributed by atoms with van der Waals surface area (Å²) in [7, 11) is -3.24. The Hall–Kier alpha value is -2.66. The summed E-state index contributed by atoms with van der Waals surface area (Å²) in [5, 5.41) is 11.9. The molecule has 0 fully saturated rings. The van der Waals surface area contributed by atoms with E-state index in [1.807, 2.05) is 50.4 Å². The van der Waals surface area contributed by atoms with Gasteiger partial charge >= 0.3 is 5.97 Å². The molecule has 1 aliphatic rings. The van der Waals surface area contributed by atoms with Gasteiger partial charge in [0.1, 0.15) is 5.75 Å². The SMILES string of the molecule is CCCCC1(CCCC)CN(c2ccc(NC(=O)C(C)C)cc2)c2cc(SC)c(O/C=C/C(=O)O)cc2S(O)(O)C1. The zero-order valence-electron chi connectivity index (χ0n) is 24.7. The second-order valence-electron chi connectivity index (χ2n) is 11.0. The van der Waals surface area contributed by atoms with Crippen molar-refractivity contribution in [3.8, 4) is 5.75 Å². The van der Waals surface area contributed by atoms with Crippen LogP contribution in [0.3, 0.4) is 0 Å². The first-order chi connectivity index (χ1) is 19.4. The number of fused-ring (bicyclic) bond motifs is 1. The van der Waals surface area contributed by atoms with Gasteiger partial charge in [0, 0.05) is 41.1 Å². The smallest absolute Gasteiger partial charge is 0.331 e. The summed E-state index contributed by atoms with van der Waals surface area (Å²) in [6.07, 6.45) is 9.61. The largest absolute Gasteiger partial charge is 0.478 e. The van der Waals surface area contributed by atoms with E-state index in [-0.39, 0.29) is 23.0 Å². The molecule has 0 bridgehead atoms. The Morgan fingerprint density at radius 3 is 2.29 bits per heavy atom. The number of carbonyl (C=O) groups is 2. The number of carbonyl (C=O) groups excluding carboxylic acids is 1. The number of carboxylic acid groups (broad SMARTS) is 1. The lowest BCUT2D eigenvalue weighted by Crippen LogP contribution is -2.37. The Bertz CT molecular complexity index is 1220. The number of thioether (sulfide) groups is 1. The number of aliphatic carboxylic acids is 1. The van der Waals surface area contributed by atoms with Gasteiger partial charge in [-0.2, -0.15) is 10.6 Å². The number of amides is 1. The van der Waals surface area contributed by atoms with Crippen LogP contribution in [-0.2, 0) is 9.59 Å². The minimum Gasteiger partial charge on any atom is -0.478 e. The number of hydrogen-bond acceptors (Lipinski definition) is 7. The minimum absolute atomic E-state index is 0.0564. The molecule has 0 spiro atoms. The van der Waals surface area contributed by atoms with Gasteiger partial charge in [-0.1, -0.05) is 53.4 Å². The van der Waals surface area contributed by atoms with E-state index >= 15 is 0 Å². The van der Waals surface area contributed by atoms with Gasteiger partial charge in [-0.05, 0) is 49.4 Å². The highest BCUT2D eigenvalue weighted by molar-refractivity contribution is 8.24. The lowest BCUT2D eigenvalue weighted by atomic mass is 9.79. The van der Waals surface area contributed by atoms with E-state index in [0.29, 0.717) is 28.6 Å². The van der Waals surface area contributed by atoms with E-state index in [1.165, 1.54) is 11.8 Å². The Balaban J connectivity index is 2.19. The zero-order chi connectivity index (χ0) is 30.2. The molecule has 4 N–H and O–H groups in total. The fourth-order valence-corrected chi connectivity index (χ4v) is 7.89. The molecular weight excluding hydrogens is 560 g/mol. The Labute approximate surface area is 249 Å². The van der Waals surface area contributed by atoms with E-state index in [4.69, 9.17) is 9.84 Å². The van der Waals surface area contributed by atoms with Crippen molar-refractivity contribution in [2.24, 2.45) is 11.3 Å². The van der Waals surface area contributed by atoms with Crippen LogP contribution in [0.1, 0.15) is 66.2 Å². The maximum absolute atomic E-state index is 12.3. The summed E-state index contributed by atoms with van der Waals surface area (Å²) in [6.45, 7) is 8.61. The fourth-order valence-electron chi connectivity index (χ4n) is 5.16. The van der Waals surface area contributed by atoms with Crippen LogP contribution in [0.25, 0.3) is 0 Å². The van der Waals surface area contributed by atoms with Gasteiger partial charge in [0.05, 0.1) is 27.8 Å². The number of benzene rings is 2. The van der Waals surface area contributed by atoms with Gasteiger partial charge in [0.15, 0.2) is 0 Å². The lowest BCUT2D eigenvalue weighted by Gasteiger charge is -2.42. The molecule has 3 rings (SSSR count). The maximum Gasteiger partial charge on any atom is 0.331 e. The molecule has 0 aromatic heterocycles. The van der Waals surface area contributed by atoms with E-state index in [1.54, 1.807) is 6.07 Å². The molecule has 0 saturated carbocycles. The molecule has 10 heteroatoms.